The van der Waals surface area contributed by atoms with Crippen LogP contribution in [0.25, 0.3) is 0 Å². The third-order valence-electron chi connectivity index (χ3n) is 5.02. The fourth-order valence-corrected chi connectivity index (χ4v) is 4.04. The molecule has 1 rings (SSSR count). The minimum absolute atomic E-state index is 0.131. The molecule has 0 atom stereocenters. The van der Waals surface area contributed by atoms with E-state index in [9.17, 15) is 0 Å². The van der Waals surface area contributed by atoms with Gasteiger partial charge in [0.15, 0.2) is 0 Å². The van der Waals surface area contributed by atoms with Crippen LogP contribution in [0.3, 0.4) is 0 Å². The van der Waals surface area contributed by atoms with Gasteiger partial charge in [-0.15, -0.1) is 0 Å². The minimum atomic E-state index is 0.131. The lowest BCUT2D eigenvalue weighted by molar-refractivity contribution is -0.0701. The zero-order valence-corrected chi connectivity index (χ0v) is 15.7. The van der Waals surface area contributed by atoms with Crippen molar-refractivity contribution >= 4 is 15.9 Å². The number of halogens is 1. The lowest BCUT2D eigenvalue weighted by atomic mass is 9.69. The summed E-state index contributed by atoms with van der Waals surface area (Å²) in [6.45, 7) is 10.4. The van der Waals surface area contributed by atoms with Crippen LogP contribution in [0, 0.1) is 11.3 Å². The van der Waals surface area contributed by atoms with E-state index in [-0.39, 0.29) is 5.60 Å². The maximum atomic E-state index is 6.31. The standard InChI is InChI=1S/C18H35BrO/c1-5-6-7-8-9-14-20-18(15-19)12-10-16(11-13-18)17(2,3)4/h16H,5-15H2,1-4H3. The molecule has 0 N–H and O–H groups in total. The molecule has 1 saturated carbocycles. The maximum absolute atomic E-state index is 6.31. The number of hydrogen-bond acceptors (Lipinski definition) is 1. The monoisotopic (exact) mass is 346 g/mol. The molecule has 1 fully saturated rings. The van der Waals surface area contributed by atoms with E-state index >= 15 is 0 Å². The van der Waals surface area contributed by atoms with Gasteiger partial charge in [-0.25, -0.2) is 0 Å². The normalized spacial score (nSPS) is 27.8. The first-order valence-electron chi connectivity index (χ1n) is 8.63. The van der Waals surface area contributed by atoms with E-state index in [0.29, 0.717) is 5.41 Å². The average molecular weight is 347 g/mol. The summed E-state index contributed by atoms with van der Waals surface area (Å²) in [5, 5.41) is 1.01. The molecule has 0 unspecified atom stereocenters. The smallest absolute Gasteiger partial charge is 0.0779 e. The van der Waals surface area contributed by atoms with Gasteiger partial charge in [-0.2, -0.15) is 0 Å². The molecule has 0 spiro atoms. The molecule has 0 amide bonds. The van der Waals surface area contributed by atoms with Crippen LogP contribution in [-0.2, 0) is 4.74 Å². The fraction of sp³-hybridized carbons (Fsp3) is 1.00. The molecule has 0 saturated heterocycles. The summed E-state index contributed by atoms with van der Waals surface area (Å²) in [4.78, 5) is 0. The van der Waals surface area contributed by atoms with E-state index in [0.717, 1.165) is 17.9 Å². The molecule has 2 heteroatoms. The summed E-state index contributed by atoms with van der Waals surface area (Å²) >= 11 is 3.71. The van der Waals surface area contributed by atoms with Gasteiger partial charge in [0.25, 0.3) is 0 Å². The molecule has 20 heavy (non-hydrogen) atoms. The molecular formula is C18H35BrO. The predicted molar refractivity (Wildman–Crippen MR) is 92.6 cm³/mol. The Morgan fingerprint density at radius 3 is 2.15 bits per heavy atom. The zero-order chi connectivity index (χ0) is 15.1. The second kappa shape index (κ2) is 8.78. The largest absolute Gasteiger partial charge is 0.374 e. The van der Waals surface area contributed by atoms with Gasteiger partial charge in [-0.05, 0) is 43.4 Å². The van der Waals surface area contributed by atoms with Gasteiger partial charge in [0.1, 0.15) is 0 Å². The van der Waals surface area contributed by atoms with Gasteiger partial charge in [0.2, 0.25) is 0 Å². The predicted octanol–water partition coefficient (Wildman–Crippen LogP) is 6.34. The van der Waals surface area contributed by atoms with E-state index in [4.69, 9.17) is 4.74 Å². The van der Waals surface area contributed by atoms with Gasteiger partial charge >= 0.3 is 0 Å². The number of unbranched alkanes of at least 4 members (excludes halogenated alkanes) is 4. The maximum Gasteiger partial charge on any atom is 0.0779 e. The zero-order valence-electron chi connectivity index (χ0n) is 14.1. The van der Waals surface area contributed by atoms with Crippen LogP contribution in [0.5, 0.6) is 0 Å². The van der Waals surface area contributed by atoms with Gasteiger partial charge in [-0.1, -0.05) is 69.3 Å². The van der Waals surface area contributed by atoms with Crippen molar-refractivity contribution in [2.24, 2.45) is 11.3 Å². The Kier molecular flexibility index (Phi) is 8.12. The summed E-state index contributed by atoms with van der Waals surface area (Å²) in [5.41, 5.74) is 0.588. The lowest BCUT2D eigenvalue weighted by Crippen LogP contribution is -2.41. The first-order chi connectivity index (χ1) is 9.43. The van der Waals surface area contributed by atoms with Crippen LogP contribution >= 0.6 is 15.9 Å². The van der Waals surface area contributed by atoms with Crippen molar-refractivity contribution in [3.8, 4) is 0 Å². The first kappa shape index (κ1) is 18.5. The molecule has 0 aromatic rings. The number of hydrogen-bond donors (Lipinski definition) is 0. The van der Waals surface area contributed by atoms with Crippen LogP contribution < -0.4 is 0 Å². The summed E-state index contributed by atoms with van der Waals surface area (Å²) < 4.78 is 6.31. The van der Waals surface area contributed by atoms with Crippen molar-refractivity contribution < 1.29 is 4.74 Å². The molecule has 0 aromatic heterocycles. The van der Waals surface area contributed by atoms with Gasteiger partial charge in [0.05, 0.1) is 5.60 Å². The molecule has 0 aromatic carbocycles. The number of alkyl halides is 1. The third kappa shape index (κ3) is 6.05. The molecule has 0 bridgehead atoms. The molecule has 1 aliphatic carbocycles. The molecule has 1 aliphatic rings. The summed E-state index contributed by atoms with van der Waals surface area (Å²) in [6, 6.07) is 0. The third-order valence-corrected chi connectivity index (χ3v) is 6.04. The van der Waals surface area contributed by atoms with Gasteiger partial charge in [-0.3, -0.25) is 0 Å². The first-order valence-corrected chi connectivity index (χ1v) is 9.75. The Bertz CT molecular complexity index is 249. The van der Waals surface area contributed by atoms with Gasteiger partial charge in [0, 0.05) is 11.9 Å². The van der Waals surface area contributed by atoms with Crippen LogP contribution in [0.4, 0.5) is 0 Å². The van der Waals surface area contributed by atoms with Crippen molar-refractivity contribution in [1.29, 1.82) is 0 Å². The SMILES string of the molecule is CCCCCCCOC1(CBr)CCC(C(C)(C)C)CC1. The molecule has 0 heterocycles. The molecule has 0 aliphatic heterocycles. The number of rotatable bonds is 8. The van der Waals surface area contributed by atoms with Crippen LogP contribution in [-0.4, -0.2) is 17.5 Å². The quantitative estimate of drug-likeness (QED) is 0.367. The van der Waals surface area contributed by atoms with Crippen molar-refractivity contribution in [3.63, 3.8) is 0 Å². The second-order valence-corrected chi connectivity index (χ2v) is 8.28. The molecular weight excluding hydrogens is 312 g/mol. The van der Waals surface area contributed by atoms with Crippen molar-refractivity contribution in [3.05, 3.63) is 0 Å². The Hall–Kier alpha value is 0.440. The fourth-order valence-electron chi connectivity index (χ4n) is 3.32. The highest BCUT2D eigenvalue weighted by atomic mass is 79.9. The van der Waals surface area contributed by atoms with Crippen molar-refractivity contribution in [1.82, 2.24) is 0 Å². The van der Waals surface area contributed by atoms with Gasteiger partial charge < -0.3 is 4.74 Å². The Balaban J connectivity index is 2.28. The average Bonchev–Trinajstić information content (AvgIpc) is 2.42. The highest BCUT2D eigenvalue weighted by molar-refractivity contribution is 9.09. The van der Waals surface area contributed by atoms with E-state index < -0.39 is 0 Å². The van der Waals surface area contributed by atoms with Crippen LogP contribution in [0.15, 0.2) is 0 Å². The van der Waals surface area contributed by atoms with E-state index in [1.165, 1.54) is 57.8 Å². The van der Waals surface area contributed by atoms with Crippen LogP contribution in [0.2, 0.25) is 0 Å². The van der Waals surface area contributed by atoms with E-state index in [2.05, 4.69) is 43.6 Å². The Morgan fingerprint density at radius 2 is 1.65 bits per heavy atom. The van der Waals surface area contributed by atoms with Crippen molar-refractivity contribution in [2.75, 3.05) is 11.9 Å². The number of ether oxygens (including phenoxy) is 1. The van der Waals surface area contributed by atoms with E-state index in [1.54, 1.807) is 0 Å². The topological polar surface area (TPSA) is 9.23 Å². The molecule has 120 valence electrons. The summed E-state index contributed by atoms with van der Waals surface area (Å²) in [6.07, 6.45) is 11.7. The van der Waals surface area contributed by atoms with E-state index in [1.807, 2.05) is 0 Å². The summed E-state index contributed by atoms with van der Waals surface area (Å²) in [5.74, 6) is 0.864. The highest BCUT2D eigenvalue weighted by Gasteiger charge is 2.38. The minimum Gasteiger partial charge on any atom is -0.374 e. The summed E-state index contributed by atoms with van der Waals surface area (Å²) in [7, 11) is 0. The highest BCUT2D eigenvalue weighted by Crippen LogP contribution is 2.43. The molecule has 0 radical (unpaired) electrons. The van der Waals surface area contributed by atoms with Crippen molar-refractivity contribution in [2.45, 2.75) is 91.1 Å². The second-order valence-electron chi connectivity index (χ2n) is 7.72. The Labute approximate surface area is 135 Å². The van der Waals surface area contributed by atoms with Crippen LogP contribution in [0.1, 0.15) is 85.5 Å². The lowest BCUT2D eigenvalue weighted by Gasteiger charge is -2.43. The Morgan fingerprint density at radius 1 is 1.05 bits per heavy atom. The molecule has 1 nitrogen and oxygen atoms in total.